The van der Waals surface area contributed by atoms with Crippen molar-refractivity contribution in [3.8, 4) is 0 Å². The lowest BCUT2D eigenvalue weighted by molar-refractivity contribution is 0.483. The first-order chi connectivity index (χ1) is 9.70. The van der Waals surface area contributed by atoms with Crippen molar-refractivity contribution in [3.63, 3.8) is 0 Å². The highest BCUT2D eigenvalue weighted by Gasteiger charge is 2.17. The van der Waals surface area contributed by atoms with Crippen molar-refractivity contribution in [1.29, 1.82) is 0 Å². The Bertz CT molecular complexity index is 560. The first kappa shape index (κ1) is 15.1. The van der Waals surface area contributed by atoms with Gasteiger partial charge in [0, 0.05) is 10.7 Å². The Morgan fingerprint density at radius 1 is 1.30 bits per heavy atom. The summed E-state index contributed by atoms with van der Waals surface area (Å²) in [5.41, 5.74) is 1.64. The maximum absolute atomic E-state index is 13.9. The van der Waals surface area contributed by atoms with Crippen LogP contribution in [0.15, 0.2) is 47.1 Å². The van der Waals surface area contributed by atoms with Crippen molar-refractivity contribution in [2.75, 3.05) is 6.54 Å². The Morgan fingerprint density at radius 3 is 2.85 bits per heavy atom. The number of hydrogen-bond acceptors (Lipinski definition) is 2. The number of pyridine rings is 1. The summed E-state index contributed by atoms with van der Waals surface area (Å²) in [6.07, 6.45) is 3.36. The van der Waals surface area contributed by atoms with Gasteiger partial charge in [-0.3, -0.25) is 4.98 Å². The van der Waals surface area contributed by atoms with Crippen molar-refractivity contribution in [3.05, 3.63) is 64.1 Å². The molecule has 0 bridgehead atoms. The van der Waals surface area contributed by atoms with Crippen molar-refractivity contribution in [1.82, 2.24) is 10.3 Å². The molecule has 4 heteroatoms. The topological polar surface area (TPSA) is 24.9 Å². The zero-order valence-electron chi connectivity index (χ0n) is 11.4. The molecule has 0 fully saturated rings. The van der Waals surface area contributed by atoms with Gasteiger partial charge in [-0.25, -0.2) is 4.39 Å². The van der Waals surface area contributed by atoms with Crippen LogP contribution in [0.25, 0.3) is 0 Å². The monoisotopic (exact) mass is 336 g/mol. The van der Waals surface area contributed by atoms with Crippen LogP contribution >= 0.6 is 15.9 Å². The molecule has 1 heterocycles. The summed E-state index contributed by atoms with van der Waals surface area (Å²) in [6, 6.07) is 11.1. The van der Waals surface area contributed by atoms with Gasteiger partial charge in [0.2, 0.25) is 0 Å². The van der Waals surface area contributed by atoms with E-state index in [2.05, 4.69) is 39.2 Å². The molecule has 2 aromatic rings. The molecule has 2 nitrogen and oxygen atoms in total. The molecule has 0 saturated carbocycles. The molecular weight excluding hydrogens is 319 g/mol. The second kappa shape index (κ2) is 7.50. The van der Waals surface area contributed by atoms with Gasteiger partial charge < -0.3 is 5.32 Å². The van der Waals surface area contributed by atoms with E-state index in [1.807, 2.05) is 18.2 Å². The number of halogens is 2. The quantitative estimate of drug-likeness (QED) is 0.852. The second-order valence-corrected chi connectivity index (χ2v) is 5.63. The third-order valence-corrected chi connectivity index (χ3v) is 3.58. The number of nitrogens with one attached hydrogen (secondary N) is 1. The highest BCUT2D eigenvalue weighted by atomic mass is 79.9. The number of benzene rings is 1. The summed E-state index contributed by atoms with van der Waals surface area (Å²) in [6.45, 7) is 2.94. The summed E-state index contributed by atoms with van der Waals surface area (Å²) >= 11 is 3.47. The average Bonchev–Trinajstić information content (AvgIpc) is 2.44. The minimum Gasteiger partial charge on any atom is -0.308 e. The highest BCUT2D eigenvalue weighted by molar-refractivity contribution is 9.10. The summed E-state index contributed by atoms with van der Waals surface area (Å²) < 4.78 is 15.0. The molecule has 0 aliphatic heterocycles. The normalized spacial score (nSPS) is 12.3. The van der Waals surface area contributed by atoms with E-state index in [4.69, 9.17) is 0 Å². The molecule has 0 radical (unpaired) electrons. The van der Waals surface area contributed by atoms with Gasteiger partial charge in [0.05, 0.1) is 11.7 Å². The second-order valence-electron chi connectivity index (χ2n) is 4.71. The standard InChI is InChI=1S/C16H18BrFN2/c1-2-8-19-15(16-14(18)7-4-9-20-16)11-12-5-3-6-13(17)10-12/h3-7,9-10,15,19H,2,8,11H2,1H3. The zero-order chi connectivity index (χ0) is 14.4. The van der Waals surface area contributed by atoms with E-state index >= 15 is 0 Å². The van der Waals surface area contributed by atoms with Crippen molar-refractivity contribution < 1.29 is 4.39 Å². The molecule has 1 aromatic heterocycles. The lowest BCUT2D eigenvalue weighted by atomic mass is 10.0. The van der Waals surface area contributed by atoms with Crippen LogP contribution in [-0.4, -0.2) is 11.5 Å². The number of hydrogen-bond donors (Lipinski definition) is 1. The SMILES string of the molecule is CCCNC(Cc1cccc(Br)c1)c1ncccc1F. The molecule has 1 atom stereocenters. The number of aromatic nitrogens is 1. The van der Waals surface area contributed by atoms with Gasteiger partial charge in [0.15, 0.2) is 0 Å². The smallest absolute Gasteiger partial charge is 0.146 e. The number of nitrogens with zero attached hydrogens (tertiary/aromatic N) is 1. The van der Waals surface area contributed by atoms with Gasteiger partial charge in [-0.05, 0) is 49.2 Å². The third-order valence-electron chi connectivity index (χ3n) is 3.09. The predicted molar refractivity (Wildman–Crippen MR) is 83.1 cm³/mol. The minimum absolute atomic E-state index is 0.106. The van der Waals surface area contributed by atoms with Crippen LogP contribution in [-0.2, 0) is 6.42 Å². The molecule has 1 aromatic carbocycles. The van der Waals surface area contributed by atoms with Crippen molar-refractivity contribution >= 4 is 15.9 Å². The van der Waals surface area contributed by atoms with Crippen LogP contribution in [0, 0.1) is 5.82 Å². The largest absolute Gasteiger partial charge is 0.308 e. The summed E-state index contributed by atoms with van der Waals surface area (Å²) in [5, 5.41) is 3.38. The van der Waals surface area contributed by atoms with Gasteiger partial charge in [-0.2, -0.15) is 0 Å². The van der Waals surface area contributed by atoms with E-state index in [1.165, 1.54) is 6.07 Å². The van der Waals surface area contributed by atoms with Gasteiger partial charge in [-0.1, -0.05) is 35.0 Å². The minimum atomic E-state index is -0.254. The first-order valence-corrected chi connectivity index (χ1v) is 7.58. The fraction of sp³-hybridized carbons (Fsp3) is 0.312. The summed E-state index contributed by atoms with van der Waals surface area (Å²) in [5.74, 6) is -0.254. The molecule has 0 aliphatic carbocycles. The lowest BCUT2D eigenvalue weighted by Crippen LogP contribution is -2.26. The van der Waals surface area contributed by atoms with E-state index < -0.39 is 0 Å². The molecule has 1 unspecified atom stereocenters. The van der Waals surface area contributed by atoms with Crippen molar-refractivity contribution in [2.45, 2.75) is 25.8 Å². The van der Waals surface area contributed by atoms with Crippen LogP contribution in [0.3, 0.4) is 0 Å². The van der Waals surface area contributed by atoms with Crippen LogP contribution in [0.5, 0.6) is 0 Å². The van der Waals surface area contributed by atoms with Crippen LogP contribution < -0.4 is 5.32 Å². The first-order valence-electron chi connectivity index (χ1n) is 6.79. The summed E-state index contributed by atoms with van der Waals surface area (Å²) in [4.78, 5) is 4.20. The van der Waals surface area contributed by atoms with Gasteiger partial charge in [0.1, 0.15) is 5.82 Å². The fourth-order valence-electron chi connectivity index (χ4n) is 2.14. The Kier molecular flexibility index (Phi) is 5.68. The van der Waals surface area contributed by atoms with Crippen LogP contribution in [0.4, 0.5) is 4.39 Å². The number of rotatable bonds is 6. The molecule has 2 rings (SSSR count). The molecule has 1 N–H and O–H groups in total. The van der Waals surface area contributed by atoms with Gasteiger partial charge in [0.25, 0.3) is 0 Å². The fourth-order valence-corrected chi connectivity index (χ4v) is 2.58. The van der Waals surface area contributed by atoms with Crippen molar-refractivity contribution in [2.24, 2.45) is 0 Å². The van der Waals surface area contributed by atoms with E-state index in [0.29, 0.717) is 12.1 Å². The van der Waals surface area contributed by atoms with E-state index in [1.54, 1.807) is 12.3 Å². The molecule has 0 aliphatic rings. The molecule has 0 amide bonds. The Morgan fingerprint density at radius 2 is 2.15 bits per heavy atom. The lowest BCUT2D eigenvalue weighted by Gasteiger charge is -2.18. The highest BCUT2D eigenvalue weighted by Crippen LogP contribution is 2.21. The van der Waals surface area contributed by atoms with Gasteiger partial charge >= 0.3 is 0 Å². The van der Waals surface area contributed by atoms with E-state index in [-0.39, 0.29) is 11.9 Å². The molecule has 20 heavy (non-hydrogen) atoms. The van der Waals surface area contributed by atoms with E-state index in [9.17, 15) is 4.39 Å². The Hall–Kier alpha value is -1.26. The molecular formula is C16H18BrFN2. The van der Waals surface area contributed by atoms with Gasteiger partial charge in [-0.15, -0.1) is 0 Å². The summed E-state index contributed by atoms with van der Waals surface area (Å²) in [7, 11) is 0. The van der Waals surface area contributed by atoms with Crippen LogP contribution in [0.1, 0.15) is 30.6 Å². The Balaban J connectivity index is 2.22. The van der Waals surface area contributed by atoms with Crippen LogP contribution in [0.2, 0.25) is 0 Å². The molecule has 0 saturated heterocycles. The molecule has 0 spiro atoms. The van der Waals surface area contributed by atoms with E-state index in [0.717, 1.165) is 23.0 Å². The zero-order valence-corrected chi connectivity index (χ0v) is 13.0. The predicted octanol–water partition coefficient (Wildman–Crippen LogP) is 4.27. The average molecular weight is 337 g/mol. The maximum atomic E-state index is 13.9. The Labute approximate surface area is 127 Å². The maximum Gasteiger partial charge on any atom is 0.146 e. The molecule has 106 valence electrons. The third kappa shape index (κ3) is 4.12.